The second kappa shape index (κ2) is 13.5. The molecule has 0 atom stereocenters. The van der Waals surface area contributed by atoms with Gasteiger partial charge in [-0.15, -0.1) is 0 Å². The van der Waals surface area contributed by atoms with Gasteiger partial charge in [-0.05, 0) is 75.4 Å². The van der Waals surface area contributed by atoms with Crippen LogP contribution in [0.25, 0.3) is 0 Å². The number of nitrogens with zero attached hydrogens (tertiary/aromatic N) is 2. The largest absolute Gasteiger partial charge is 0.744 e. The topological polar surface area (TPSA) is 80.5 Å². The molecule has 2 aliphatic rings. The molecule has 0 aromatic heterocycles. The number of rotatable bonds is 13. The number of Topliss-reactive ketones (excluding diaryl/α,β-unsaturated/α-hetero) is 1. The smallest absolute Gasteiger partial charge is 0.209 e. The summed E-state index contributed by atoms with van der Waals surface area (Å²) in [5.41, 5.74) is 7.25. The average molecular weight is 639 g/mol. The van der Waals surface area contributed by atoms with Gasteiger partial charge in [-0.1, -0.05) is 74.9 Å². The first kappa shape index (κ1) is 33.6. The fraction of sp³-hybridized carbons (Fsp3) is 0.385. The van der Waals surface area contributed by atoms with E-state index in [9.17, 15) is 17.8 Å². The number of carbonyl (C=O) groups excluding carboxylic acids is 1. The normalized spacial score (nSPS) is 17.6. The predicted molar refractivity (Wildman–Crippen MR) is 185 cm³/mol. The zero-order chi connectivity index (χ0) is 33.1. The number of aryl methyl sites for hydroxylation is 1. The zero-order valence-corrected chi connectivity index (χ0v) is 28.6. The number of hydrogen-bond donors (Lipinski definition) is 0. The molecule has 0 radical (unpaired) electrons. The van der Waals surface area contributed by atoms with E-state index < -0.39 is 15.5 Å². The third kappa shape index (κ3) is 6.96. The number of fused-ring (bicyclic) bond motifs is 2. The molecule has 0 aliphatic carbocycles. The van der Waals surface area contributed by atoms with Crippen LogP contribution < -0.4 is 4.90 Å². The van der Waals surface area contributed by atoms with E-state index in [2.05, 4.69) is 110 Å². The maximum atomic E-state index is 11.9. The summed E-state index contributed by atoms with van der Waals surface area (Å²) in [7, 11) is -4.58. The van der Waals surface area contributed by atoms with Crippen LogP contribution in [0.2, 0.25) is 0 Å². The number of ketones is 1. The van der Waals surface area contributed by atoms with Crippen molar-refractivity contribution in [3.63, 3.8) is 0 Å². The van der Waals surface area contributed by atoms with Gasteiger partial charge < -0.3 is 14.2 Å². The lowest BCUT2D eigenvalue weighted by molar-refractivity contribution is -0.438. The molecule has 242 valence electrons. The Hall–Kier alpha value is -3.81. The molecule has 7 heteroatoms. The van der Waals surface area contributed by atoms with Crippen LogP contribution >= 0.6 is 0 Å². The van der Waals surface area contributed by atoms with Gasteiger partial charge in [0.25, 0.3) is 0 Å². The molecule has 46 heavy (non-hydrogen) atoms. The van der Waals surface area contributed by atoms with E-state index in [0.29, 0.717) is 6.42 Å². The van der Waals surface area contributed by atoms with Crippen LogP contribution in [0.5, 0.6) is 0 Å². The molecule has 0 spiro atoms. The highest BCUT2D eigenvalue weighted by Gasteiger charge is 2.44. The Morgan fingerprint density at radius 3 is 2.30 bits per heavy atom. The molecule has 0 amide bonds. The summed E-state index contributed by atoms with van der Waals surface area (Å²) < 4.78 is 38.3. The molecule has 5 rings (SSSR count). The lowest BCUT2D eigenvalue weighted by Gasteiger charge is -2.27. The molecule has 0 saturated heterocycles. The van der Waals surface area contributed by atoms with Gasteiger partial charge >= 0.3 is 0 Å². The van der Waals surface area contributed by atoms with Gasteiger partial charge in [0.15, 0.2) is 5.71 Å². The number of allylic oxidation sites excluding steroid dienone is 4. The Labute approximate surface area is 274 Å². The fourth-order valence-corrected chi connectivity index (χ4v) is 7.57. The lowest BCUT2D eigenvalue weighted by Crippen LogP contribution is -2.28. The lowest BCUT2D eigenvalue weighted by atomic mass is 9.81. The molecule has 0 saturated carbocycles. The maximum absolute atomic E-state index is 11.9. The highest BCUT2D eigenvalue weighted by atomic mass is 32.2. The molecule has 0 bridgehead atoms. The predicted octanol–water partition coefficient (Wildman–Crippen LogP) is 7.99. The van der Waals surface area contributed by atoms with Crippen molar-refractivity contribution in [3.8, 4) is 0 Å². The summed E-state index contributed by atoms with van der Waals surface area (Å²) in [5.74, 6) is 0.202. The number of para-hydroxylation sites is 1. The van der Waals surface area contributed by atoms with E-state index in [-0.39, 0.29) is 16.1 Å². The highest BCUT2D eigenvalue weighted by molar-refractivity contribution is 7.85. The zero-order valence-electron chi connectivity index (χ0n) is 27.8. The third-order valence-electron chi connectivity index (χ3n) is 9.56. The summed E-state index contributed by atoms with van der Waals surface area (Å²) >= 11 is 0. The average Bonchev–Trinajstić information content (AvgIpc) is 3.35. The van der Waals surface area contributed by atoms with Crippen LogP contribution in [0.3, 0.4) is 0 Å². The van der Waals surface area contributed by atoms with Crippen LogP contribution in [0.1, 0.15) is 83.4 Å². The summed E-state index contributed by atoms with van der Waals surface area (Å²) in [6.45, 7) is 12.0. The van der Waals surface area contributed by atoms with Crippen LogP contribution in [0.15, 0.2) is 102 Å². The molecule has 6 nitrogen and oxygen atoms in total. The Morgan fingerprint density at radius 1 is 0.870 bits per heavy atom. The summed E-state index contributed by atoms with van der Waals surface area (Å²) in [4.78, 5) is 13.5. The van der Waals surface area contributed by atoms with Gasteiger partial charge in [0.2, 0.25) is 5.69 Å². The van der Waals surface area contributed by atoms with Crippen molar-refractivity contribution in [2.45, 2.75) is 88.9 Å². The van der Waals surface area contributed by atoms with Gasteiger partial charge in [-0.3, -0.25) is 0 Å². The van der Waals surface area contributed by atoms with Gasteiger partial charge in [-0.2, -0.15) is 4.58 Å². The molecule has 3 aromatic rings. The second-order valence-electron chi connectivity index (χ2n) is 13.6. The molecule has 0 N–H and O–H groups in total. The third-order valence-corrected chi connectivity index (χ3v) is 10.4. The molecular formula is C39H46N2O4S. The van der Waals surface area contributed by atoms with Crippen molar-refractivity contribution in [2.24, 2.45) is 0 Å². The van der Waals surface area contributed by atoms with Crippen molar-refractivity contribution >= 4 is 33.0 Å². The van der Waals surface area contributed by atoms with Crippen LogP contribution in [0, 0.1) is 0 Å². The number of unbranched alkanes of at least 4 members (excludes halogenated alkanes) is 2. The monoisotopic (exact) mass is 638 g/mol. The van der Waals surface area contributed by atoms with E-state index in [1.54, 1.807) is 19.1 Å². The first-order chi connectivity index (χ1) is 21.8. The molecule has 2 heterocycles. The first-order valence-electron chi connectivity index (χ1n) is 16.4. The van der Waals surface area contributed by atoms with Gasteiger partial charge in [0.1, 0.15) is 22.4 Å². The number of carbonyl (C=O) groups is 1. The standard InChI is InChI=1S/C39H46N2O4S/c1-29(42)16-8-7-13-26-40-35-25-24-31(46(43,44)45)28-33(35)39(4,5)37(40)23-14-22-36-38(2,3)32-20-11-12-21-34(32)41(36)27-15-19-30-17-9-6-10-18-30/h6,9-12,14,17-18,20-25,28H,7-8,13,15-16,19,26-27H2,1-5H3. The van der Waals surface area contributed by atoms with Gasteiger partial charge in [-0.25, -0.2) is 8.42 Å². The minimum Gasteiger partial charge on any atom is -0.744 e. The highest BCUT2D eigenvalue weighted by Crippen LogP contribution is 2.48. The van der Waals surface area contributed by atoms with Crippen LogP contribution in [0.4, 0.5) is 11.4 Å². The Bertz CT molecular complexity index is 1800. The van der Waals surface area contributed by atoms with Crippen LogP contribution in [-0.4, -0.2) is 42.1 Å². The number of anilines is 1. The summed E-state index contributed by atoms with van der Waals surface area (Å²) in [6, 6.07) is 24.0. The van der Waals surface area contributed by atoms with E-state index in [4.69, 9.17) is 0 Å². The van der Waals surface area contributed by atoms with E-state index in [1.165, 1.54) is 28.6 Å². The van der Waals surface area contributed by atoms with E-state index >= 15 is 0 Å². The number of hydrogen-bond acceptors (Lipinski definition) is 5. The second-order valence-corrected chi connectivity index (χ2v) is 15.0. The van der Waals surface area contributed by atoms with Crippen molar-refractivity contribution < 1.29 is 22.3 Å². The molecule has 3 aromatic carbocycles. The van der Waals surface area contributed by atoms with Crippen LogP contribution in [-0.2, 0) is 32.2 Å². The maximum Gasteiger partial charge on any atom is 0.209 e. The summed E-state index contributed by atoms with van der Waals surface area (Å²) in [6.07, 6.45) is 11.8. The Kier molecular flexibility index (Phi) is 9.85. The molecule has 0 unspecified atom stereocenters. The molecule has 0 fully saturated rings. The van der Waals surface area contributed by atoms with Crippen molar-refractivity contribution in [1.82, 2.24) is 0 Å². The quantitative estimate of drug-likeness (QED) is 0.108. The van der Waals surface area contributed by atoms with Crippen molar-refractivity contribution in [2.75, 3.05) is 18.0 Å². The Balaban J connectivity index is 1.48. The molecular weight excluding hydrogens is 593 g/mol. The Morgan fingerprint density at radius 2 is 1.59 bits per heavy atom. The van der Waals surface area contributed by atoms with Crippen molar-refractivity contribution in [1.29, 1.82) is 0 Å². The minimum atomic E-state index is -4.58. The van der Waals surface area contributed by atoms with E-state index in [0.717, 1.165) is 62.1 Å². The summed E-state index contributed by atoms with van der Waals surface area (Å²) in [5, 5.41) is 0. The molecule has 2 aliphatic heterocycles. The van der Waals surface area contributed by atoms with E-state index in [1.807, 2.05) is 0 Å². The van der Waals surface area contributed by atoms with Crippen molar-refractivity contribution in [3.05, 3.63) is 113 Å². The first-order valence-corrected chi connectivity index (χ1v) is 17.8. The number of benzene rings is 3. The SMILES string of the molecule is CC(=O)CCCCCN1/C(=C/C=C/C2=[N+](CCCc3ccccc3)c3ccccc3C2(C)C)C(C)(C)c2cc(S(=O)(=O)[O-])ccc21. The van der Waals surface area contributed by atoms with Gasteiger partial charge in [0.05, 0.1) is 10.3 Å². The van der Waals surface area contributed by atoms with Gasteiger partial charge in [0, 0.05) is 53.9 Å². The minimum absolute atomic E-state index is 0.180. The fourth-order valence-electron chi connectivity index (χ4n) is 7.07.